The van der Waals surface area contributed by atoms with E-state index in [-0.39, 0.29) is 11.5 Å². The highest BCUT2D eigenvalue weighted by Gasteiger charge is 2.48. The van der Waals surface area contributed by atoms with Gasteiger partial charge in [-0.25, -0.2) is 0 Å². The Balaban J connectivity index is 2.46. The topological polar surface area (TPSA) is 26.0 Å². The maximum atomic E-state index is 6.06. The van der Waals surface area contributed by atoms with E-state index in [0.717, 1.165) is 0 Å². The van der Waals surface area contributed by atoms with Gasteiger partial charge in [-0.05, 0) is 38.3 Å². The third kappa shape index (κ3) is 1.51. The second-order valence-corrected chi connectivity index (χ2v) is 5.28. The van der Waals surface area contributed by atoms with Crippen LogP contribution >= 0.6 is 15.9 Å². The van der Waals surface area contributed by atoms with Crippen molar-refractivity contribution < 1.29 is 0 Å². The van der Waals surface area contributed by atoms with Crippen molar-refractivity contribution in [2.45, 2.75) is 38.1 Å². The lowest BCUT2D eigenvalue weighted by atomic mass is 9.89. The molecule has 0 radical (unpaired) electrons. The molecule has 1 saturated carbocycles. The zero-order valence-electron chi connectivity index (χ0n) is 8.68. The minimum absolute atomic E-state index is 0.251. The number of nitrogens with two attached hydrogens (primary N) is 1. The van der Waals surface area contributed by atoms with Gasteiger partial charge in [0.1, 0.15) is 0 Å². The van der Waals surface area contributed by atoms with Gasteiger partial charge in [0.05, 0.1) is 0 Å². The molecule has 1 fully saturated rings. The smallest absolute Gasteiger partial charge is 0.0213 e. The van der Waals surface area contributed by atoms with Crippen LogP contribution in [0.15, 0.2) is 22.7 Å². The highest BCUT2D eigenvalue weighted by Crippen LogP contribution is 2.52. The third-order valence-corrected chi connectivity index (χ3v) is 4.01. The summed E-state index contributed by atoms with van der Waals surface area (Å²) in [5.41, 5.74) is 9.03. The molecule has 1 aliphatic rings. The predicted molar refractivity (Wildman–Crippen MR) is 63.4 cm³/mol. The number of rotatable bonds is 2. The Morgan fingerprint density at radius 1 is 1.43 bits per heavy atom. The normalized spacial score (nSPS) is 20.6. The van der Waals surface area contributed by atoms with Gasteiger partial charge in [-0.3, -0.25) is 0 Å². The van der Waals surface area contributed by atoms with Gasteiger partial charge in [0, 0.05) is 15.9 Å². The zero-order chi connectivity index (χ0) is 10.3. The van der Waals surface area contributed by atoms with Crippen molar-refractivity contribution in [2.75, 3.05) is 0 Å². The number of hydrogen-bond donors (Lipinski definition) is 1. The molecule has 1 aromatic rings. The number of hydrogen-bond acceptors (Lipinski definition) is 1. The van der Waals surface area contributed by atoms with E-state index in [1.54, 1.807) is 0 Å². The van der Waals surface area contributed by atoms with Crippen LogP contribution in [0.5, 0.6) is 0 Å². The average Bonchev–Trinajstić information content (AvgIpc) is 2.90. The third-order valence-electron chi connectivity index (χ3n) is 3.32. The van der Waals surface area contributed by atoms with Crippen molar-refractivity contribution in [1.82, 2.24) is 0 Å². The van der Waals surface area contributed by atoms with Crippen LogP contribution in [0, 0.1) is 6.92 Å². The van der Waals surface area contributed by atoms with Gasteiger partial charge in [-0.2, -0.15) is 0 Å². The standard InChI is InChI=1S/C12H16BrN/c1-8-3-4-11(13)10(7-8)12(5-6-12)9(2)14/h3-4,7,9H,5-6,14H2,1-2H3. The van der Waals surface area contributed by atoms with Crippen LogP contribution in [0.4, 0.5) is 0 Å². The van der Waals surface area contributed by atoms with Crippen LogP contribution in [0.2, 0.25) is 0 Å². The first-order valence-electron chi connectivity index (χ1n) is 5.08. The van der Waals surface area contributed by atoms with Gasteiger partial charge >= 0.3 is 0 Å². The summed E-state index contributed by atoms with van der Waals surface area (Å²) < 4.78 is 1.21. The minimum atomic E-state index is 0.251. The van der Waals surface area contributed by atoms with Crippen LogP contribution in [0.25, 0.3) is 0 Å². The van der Waals surface area contributed by atoms with E-state index in [1.165, 1.54) is 28.4 Å². The summed E-state index contributed by atoms with van der Waals surface area (Å²) in [6.45, 7) is 4.25. The van der Waals surface area contributed by atoms with Crippen LogP contribution in [-0.4, -0.2) is 6.04 Å². The maximum Gasteiger partial charge on any atom is 0.0213 e. The van der Waals surface area contributed by atoms with E-state index in [1.807, 2.05) is 0 Å². The largest absolute Gasteiger partial charge is 0.327 e. The van der Waals surface area contributed by atoms with Gasteiger partial charge in [-0.1, -0.05) is 33.6 Å². The van der Waals surface area contributed by atoms with Crippen LogP contribution in [-0.2, 0) is 5.41 Å². The number of benzene rings is 1. The summed E-state index contributed by atoms with van der Waals surface area (Å²) in [7, 11) is 0. The zero-order valence-corrected chi connectivity index (χ0v) is 10.3. The summed E-state index contributed by atoms with van der Waals surface area (Å²) in [6, 6.07) is 6.78. The monoisotopic (exact) mass is 253 g/mol. The van der Waals surface area contributed by atoms with Gasteiger partial charge < -0.3 is 5.73 Å². The summed E-state index contributed by atoms with van der Waals surface area (Å²) in [5.74, 6) is 0. The molecule has 0 heterocycles. The predicted octanol–water partition coefficient (Wildman–Crippen LogP) is 3.14. The highest BCUT2D eigenvalue weighted by atomic mass is 79.9. The van der Waals surface area contributed by atoms with E-state index in [2.05, 4.69) is 48.0 Å². The maximum absolute atomic E-state index is 6.06. The Morgan fingerprint density at radius 3 is 2.57 bits per heavy atom. The summed E-state index contributed by atoms with van der Waals surface area (Å²) in [6.07, 6.45) is 2.46. The second kappa shape index (κ2) is 3.35. The summed E-state index contributed by atoms with van der Waals surface area (Å²) >= 11 is 3.62. The Bertz CT molecular complexity index is 353. The van der Waals surface area contributed by atoms with E-state index in [0.29, 0.717) is 0 Å². The fraction of sp³-hybridized carbons (Fsp3) is 0.500. The van der Waals surface area contributed by atoms with Gasteiger partial charge in [0.15, 0.2) is 0 Å². The summed E-state index contributed by atoms with van der Waals surface area (Å²) in [4.78, 5) is 0. The molecule has 1 atom stereocenters. The van der Waals surface area contributed by atoms with E-state index >= 15 is 0 Å². The molecule has 0 saturated heterocycles. The molecule has 1 aliphatic carbocycles. The lowest BCUT2D eigenvalue weighted by molar-refractivity contribution is 0.554. The first kappa shape index (κ1) is 10.2. The molecule has 76 valence electrons. The van der Waals surface area contributed by atoms with Crippen molar-refractivity contribution in [1.29, 1.82) is 0 Å². The highest BCUT2D eigenvalue weighted by molar-refractivity contribution is 9.10. The van der Waals surface area contributed by atoms with E-state index in [9.17, 15) is 0 Å². The van der Waals surface area contributed by atoms with Crippen molar-refractivity contribution in [2.24, 2.45) is 5.73 Å². The molecular formula is C12H16BrN. The Kier molecular flexibility index (Phi) is 2.44. The second-order valence-electron chi connectivity index (χ2n) is 4.43. The lowest BCUT2D eigenvalue weighted by Gasteiger charge is -2.22. The number of halogens is 1. The fourth-order valence-corrected chi connectivity index (χ4v) is 2.77. The molecule has 2 N–H and O–H groups in total. The van der Waals surface area contributed by atoms with Crippen molar-refractivity contribution in [3.8, 4) is 0 Å². The Morgan fingerprint density at radius 2 is 2.07 bits per heavy atom. The molecule has 0 spiro atoms. The quantitative estimate of drug-likeness (QED) is 0.862. The molecule has 2 rings (SSSR count). The van der Waals surface area contributed by atoms with E-state index < -0.39 is 0 Å². The number of aryl methyl sites for hydroxylation is 1. The Hall–Kier alpha value is -0.340. The fourth-order valence-electron chi connectivity index (χ4n) is 2.13. The van der Waals surface area contributed by atoms with Crippen molar-refractivity contribution in [3.63, 3.8) is 0 Å². The van der Waals surface area contributed by atoms with Gasteiger partial charge in [-0.15, -0.1) is 0 Å². The molecular weight excluding hydrogens is 238 g/mol. The van der Waals surface area contributed by atoms with Crippen LogP contribution < -0.4 is 5.73 Å². The molecule has 14 heavy (non-hydrogen) atoms. The van der Waals surface area contributed by atoms with E-state index in [4.69, 9.17) is 5.73 Å². The lowest BCUT2D eigenvalue weighted by Crippen LogP contribution is -2.31. The molecule has 0 amide bonds. The van der Waals surface area contributed by atoms with Gasteiger partial charge in [0.25, 0.3) is 0 Å². The van der Waals surface area contributed by atoms with Crippen molar-refractivity contribution >= 4 is 15.9 Å². The molecule has 1 unspecified atom stereocenters. The van der Waals surface area contributed by atoms with Crippen LogP contribution in [0.3, 0.4) is 0 Å². The van der Waals surface area contributed by atoms with Crippen LogP contribution in [0.1, 0.15) is 30.9 Å². The molecule has 0 aromatic heterocycles. The van der Waals surface area contributed by atoms with Crippen molar-refractivity contribution in [3.05, 3.63) is 33.8 Å². The first-order chi connectivity index (χ1) is 6.56. The Labute approximate surface area is 93.8 Å². The average molecular weight is 254 g/mol. The molecule has 0 bridgehead atoms. The minimum Gasteiger partial charge on any atom is -0.327 e. The molecule has 2 heteroatoms. The SMILES string of the molecule is Cc1ccc(Br)c(C2(C(C)N)CC2)c1. The first-order valence-corrected chi connectivity index (χ1v) is 5.88. The molecule has 0 aliphatic heterocycles. The molecule has 1 nitrogen and oxygen atoms in total. The summed E-state index contributed by atoms with van der Waals surface area (Å²) in [5, 5.41) is 0. The van der Waals surface area contributed by atoms with Gasteiger partial charge in [0.2, 0.25) is 0 Å². The molecule has 1 aromatic carbocycles.